The van der Waals surface area contributed by atoms with Gasteiger partial charge in [-0.15, -0.1) is 0 Å². The van der Waals surface area contributed by atoms with Crippen LogP contribution >= 0.6 is 0 Å². The summed E-state index contributed by atoms with van der Waals surface area (Å²) in [5, 5.41) is 16.1. The molecule has 0 aliphatic carbocycles. The first-order chi connectivity index (χ1) is 13.3. The fraction of sp³-hybridized carbons (Fsp3) is 0.263. The summed E-state index contributed by atoms with van der Waals surface area (Å²) in [4.78, 5) is 8.70. The molecule has 1 saturated heterocycles. The molecule has 5 rings (SSSR count). The summed E-state index contributed by atoms with van der Waals surface area (Å²) in [6.45, 7) is 1.97. The lowest BCUT2D eigenvalue weighted by Gasteiger charge is -2.23. The minimum Gasteiger partial charge on any atom is -0.383 e. The first kappa shape index (κ1) is 16.0. The highest BCUT2D eigenvalue weighted by Gasteiger charge is 2.23. The molecule has 8 heteroatoms. The SMILES string of the molecule is Nc1ncnc2c1c(-c1ccc(-c3ccn[nH]3)cc1)nn2C1CCNCC1. The molecule has 4 heterocycles. The number of aromatic nitrogens is 6. The van der Waals surface area contributed by atoms with Gasteiger partial charge in [0.25, 0.3) is 0 Å². The molecule has 1 fully saturated rings. The average Bonchev–Trinajstić information content (AvgIpc) is 3.38. The molecule has 0 spiro atoms. The number of hydrogen-bond acceptors (Lipinski definition) is 6. The van der Waals surface area contributed by atoms with Gasteiger partial charge in [-0.25, -0.2) is 14.6 Å². The number of nitrogens with one attached hydrogen (secondary N) is 2. The van der Waals surface area contributed by atoms with Crippen molar-refractivity contribution in [2.45, 2.75) is 18.9 Å². The lowest BCUT2D eigenvalue weighted by atomic mass is 10.1. The Bertz CT molecular complexity index is 1060. The predicted molar refractivity (Wildman–Crippen MR) is 104 cm³/mol. The number of anilines is 1. The number of hydrogen-bond donors (Lipinski definition) is 3. The molecule has 4 N–H and O–H groups in total. The molecule has 0 atom stereocenters. The molecule has 0 bridgehead atoms. The zero-order chi connectivity index (χ0) is 18.2. The molecular formula is C19H20N8. The first-order valence-corrected chi connectivity index (χ1v) is 9.11. The predicted octanol–water partition coefficient (Wildman–Crippen LogP) is 2.39. The molecule has 1 aromatic carbocycles. The highest BCUT2D eigenvalue weighted by atomic mass is 15.3. The van der Waals surface area contributed by atoms with E-state index in [1.807, 2.05) is 10.7 Å². The number of H-pyrrole nitrogens is 1. The lowest BCUT2D eigenvalue weighted by Crippen LogP contribution is -2.30. The Morgan fingerprint density at radius 2 is 1.78 bits per heavy atom. The van der Waals surface area contributed by atoms with Gasteiger partial charge in [-0.05, 0) is 37.6 Å². The summed E-state index contributed by atoms with van der Waals surface area (Å²) >= 11 is 0. The van der Waals surface area contributed by atoms with E-state index in [2.05, 4.69) is 49.7 Å². The van der Waals surface area contributed by atoms with Crippen molar-refractivity contribution < 1.29 is 0 Å². The molecule has 4 aromatic rings. The molecule has 3 aromatic heterocycles. The topological polar surface area (TPSA) is 110 Å². The summed E-state index contributed by atoms with van der Waals surface area (Å²) in [6.07, 6.45) is 5.31. The number of fused-ring (bicyclic) bond motifs is 1. The van der Waals surface area contributed by atoms with E-state index in [1.54, 1.807) is 6.20 Å². The van der Waals surface area contributed by atoms with Crippen LogP contribution in [0.5, 0.6) is 0 Å². The fourth-order valence-corrected chi connectivity index (χ4v) is 3.73. The van der Waals surface area contributed by atoms with Crippen LogP contribution in [-0.4, -0.2) is 43.0 Å². The molecule has 0 unspecified atom stereocenters. The Morgan fingerprint density at radius 1 is 1.00 bits per heavy atom. The number of nitrogens with zero attached hydrogens (tertiary/aromatic N) is 5. The Labute approximate surface area is 155 Å². The third kappa shape index (κ3) is 2.74. The van der Waals surface area contributed by atoms with Crippen molar-refractivity contribution in [3.63, 3.8) is 0 Å². The third-order valence-corrected chi connectivity index (χ3v) is 5.14. The number of nitrogen functional groups attached to an aromatic ring is 1. The van der Waals surface area contributed by atoms with Crippen molar-refractivity contribution in [2.75, 3.05) is 18.8 Å². The molecule has 27 heavy (non-hydrogen) atoms. The van der Waals surface area contributed by atoms with Gasteiger partial charge < -0.3 is 11.1 Å². The molecule has 8 nitrogen and oxygen atoms in total. The second-order valence-corrected chi connectivity index (χ2v) is 6.78. The van der Waals surface area contributed by atoms with Crippen LogP contribution in [0.25, 0.3) is 33.5 Å². The monoisotopic (exact) mass is 360 g/mol. The molecular weight excluding hydrogens is 340 g/mol. The maximum absolute atomic E-state index is 6.21. The minimum absolute atomic E-state index is 0.320. The van der Waals surface area contributed by atoms with Gasteiger partial charge in [-0.2, -0.15) is 10.2 Å². The van der Waals surface area contributed by atoms with Crippen LogP contribution in [0.2, 0.25) is 0 Å². The van der Waals surface area contributed by atoms with Crippen molar-refractivity contribution in [1.82, 2.24) is 35.3 Å². The van der Waals surface area contributed by atoms with Crippen LogP contribution in [0, 0.1) is 0 Å². The van der Waals surface area contributed by atoms with E-state index in [1.165, 1.54) is 6.33 Å². The summed E-state index contributed by atoms with van der Waals surface area (Å²) in [5.74, 6) is 0.466. The summed E-state index contributed by atoms with van der Waals surface area (Å²) in [7, 11) is 0. The number of rotatable bonds is 3. The molecule has 136 valence electrons. The van der Waals surface area contributed by atoms with Crippen LogP contribution < -0.4 is 11.1 Å². The van der Waals surface area contributed by atoms with E-state index in [0.29, 0.717) is 11.9 Å². The molecule has 1 aliphatic rings. The van der Waals surface area contributed by atoms with Gasteiger partial charge >= 0.3 is 0 Å². The maximum atomic E-state index is 6.21. The fourth-order valence-electron chi connectivity index (χ4n) is 3.73. The van der Waals surface area contributed by atoms with Crippen molar-refractivity contribution >= 4 is 16.9 Å². The van der Waals surface area contributed by atoms with Gasteiger partial charge in [-0.3, -0.25) is 5.10 Å². The molecule has 0 amide bonds. The van der Waals surface area contributed by atoms with Gasteiger partial charge in [0.1, 0.15) is 17.8 Å². The van der Waals surface area contributed by atoms with E-state index in [4.69, 9.17) is 10.8 Å². The normalized spacial score (nSPS) is 15.4. The molecule has 0 saturated carbocycles. The second-order valence-electron chi connectivity index (χ2n) is 6.78. The highest BCUT2D eigenvalue weighted by Crippen LogP contribution is 2.34. The van der Waals surface area contributed by atoms with Crippen LogP contribution in [0.3, 0.4) is 0 Å². The molecule has 0 radical (unpaired) electrons. The molecule has 1 aliphatic heterocycles. The zero-order valence-electron chi connectivity index (χ0n) is 14.8. The average molecular weight is 360 g/mol. The highest BCUT2D eigenvalue weighted by molar-refractivity contribution is 5.98. The Balaban J connectivity index is 1.62. The summed E-state index contributed by atoms with van der Waals surface area (Å²) in [5.41, 5.74) is 10.9. The smallest absolute Gasteiger partial charge is 0.164 e. The summed E-state index contributed by atoms with van der Waals surface area (Å²) < 4.78 is 2.03. The van der Waals surface area contributed by atoms with Gasteiger partial charge in [0.15, 0.2) is 5.65 Å². The van der Waals surface area contributed by atoms with Crippen molar-refractivity contribution in [1.29, 1.82) is 0 Å². The Kier molecular flexibility index (Phi) is 3.83. The second kappa shape index (κ2) is 6.48. The van der Waals surface area contributed by atoms with Crippen LogP contribution in [0.4, 0.5) is 5.82 Å². The van der Waals surface area contributed by atoms with Gasteiger partial charge in [0.05, 0.1) is 17.1 Å². The van der Waals surface area contributed by atoms with E-state index in [0.717, 1.165) is 59.5 Å². The number of piperidine rings is 1. The Morgan fingerprint density at radius 3 is 2.52 bits per heavy atom. The minimum atomic E-state index is 0.320. The van der Waals surface area contributed by atoms with E-state index < -0.39 is 0 Å². The largest absolute Gasteiger partial charge is 0.383 e. The number of nitrogens with two attached hydrogens (primary N) is 1. The van der Waals surface area contributed by atoms with Crippen LogP contribution in [0.1, 0.15) is 18.9 Å². The zero-order valence-corrected chi connectivity index (χ0v) is 14.8. The standard InChI is InChI=1S/C19H20N8/c20-18-16-17(13-3-1-12(2-4-13)15-7-10-24-25-15)26-27(19(16)23-11-22-18)14-5-8-21-9-6-14/h1-4,7,10-11,14,21H,5-6,8-9H2,(H,24,25)(H2,20,22,23). The first-order valence-electron chi connectivity index (χ1n) is 9.11. The van der Waals surface area contributed by atoms with Gasteiger partial charge in [-0.1, -0.05) is 24.3 Å². The van der Waals surface area contributed by atoms with Crippen LogP contribution in [0.15, 0.2) is 42.9 Å². The van der Waals surface area contributed by atoms with Crippen LogP contribution in [-0.2, 0) is 0 Å². The maximum Gasteiger partial charge on any atom is 0.164 e. The third-order valence-electron chi connectivity index (χ3n) is 5.14. The van der Waals surface area contributed by atoms with E-state index in [-0.39, 0.29) is 0 Å². The van der Waals surface area contributed by atoms with Crippen molar-refractivity contribution in [3.05, 3.63) is 42.9 Å². The van der Waals surface area contributed by atoms with Gasteiger partial charge in [0.2, 0.25) is 0 Å². The van der Waals surface area contributed by atoms with Crippen molar-refractivity contribution in [2.24, 2.45) is 0 Å². The summed E-state index contributed by atoms with van der Waals surface area (Å²) in [6, 6.07) is 10.5. The quantitative estimate of drug-likeness (QED) is 0.517. The van der Waals surface area contributed by atoms with Gasteiger partial charge in [0, 0.05) is 11.8 Å². The number of aromatic amines is 1. The lowest BCUT2D eigenvalue weighted by molar-refractivity contribution is 0.350. The number of benzene rings is 1. The van der Waals surface area contributed by atoms with E-state index >= 15 is 0 Å². The van der Waals surface area contributed by atoms with E-state index in [9.17, 15) is 0 Å². The van der Waals surface area contributed by atoms with Crippen molar-refractivity contribution in [3.8, 4) is 22.5 Å². The Hall–Kier alpha value is -3.26.